The number of ether oxygens (including phenoxy) is 2. The quantitative estimate of drug-likeness (QED) is 0.824. The van der Waals surface area contributed by atoms with Gasteiger partial charge in [0.15, 0.2) is 11.6 Å². The molecule has 136 valence electrons. The number of alkyl halides is 2. The Morgan fingerprint density at radius 3 is 2.67 bits per heavy atom. The van der Waals surface area contributed by atoms with Gasteiger partial charge in [0.1, 0.15) is 0 Å². The Morgan fingerprint density at radius 2 is 2.12 bits per heavy atom. The minimum Gasteiger partial charge on any atom is -0.432 e. The molecule has 6 nitrogen and oxygen atoms in total. The van der Waals surface area contributed by atoms with Gasteiger partial charge in [-0.15, -0.1) is 0 Å². The second-order valence-electron chi connectivity index (χ2n) is 5.36. The third kappa shape index (κ3) is 4.00. The molecule has 1 aliphatic heterocycles. The number of hydrogen-bond acceptors (Lipinski definition) is 5. The maximum atomic E-state index is 13.8. The molecule has 1 heterocycles. The van der Waals surface area contributed by atoms with E-state index in [0.717, 1.165) is 12.1 Å². The molecule has 10 heteroatoms. The molecule has 2 N–H and O–H groups in total. The van der Waals surface area contributed by atoms with Crippen molar-refractivity contribution in [3.8, 4) is 5.75 Å². The molecule has 1 aromatic rings. The third-order valence-electron chi connectivity index (χ3n) is 3.95. The number of nitrogens with two attached hydrogens (primary N) is 1. The van der Waals surface area contributed by atoms with Crippen LogP contribution in [-0.4, -0.2) is 51.7 Å². The highest BCUT2D eigenvalue weighted by Crippen LogP contribution is 2.29. The predicted octanol–water partition coefficient (Wildman–Crippen LogP) is 1.55. The molecule has 1 aromatic carbocycles. The number of piperidine rings is 1. The Morgan fingerprint density at radius 1 is 1.42 bits per heavy atom. The van der Waals surface area contributed by atoms with Gasteiger partial charge >= 0.3 is 6.61 Å². The zero-order valence-corrected chi connectivity index (χ0v) is 13.8. The standard InChI is InChI=1S/C14H19F3N2O4S/c1-22-10-4-5-19(9(6-10)8-18)24(20,21)11-2-3-13(12(15)7-11)23-14(16)17/h2-3,7,9-10,14H,4-6,8,18H2,1H3. The fourth-order valence-electron chi connectivity index (χ4n) is 2.71. The summed E-state index contributed by atoms with van der Waals surface area (Å²) >= 11 is 0. The van der Waals surface area contributed by atoms with Gasteiger partial charge in [0.2, 0.25) is 10.0 Å². The van der Waals surface area contributed by atoms with Gasteiger partial charge in [-0.25, -0.2) is 12.8 Å². The first-order valence-electron chi connectivity index (χ1n) is 7.28. The molecule has 2 unspecified atom stereocenters. The monoisotopic (exact) mass is 368 g/mol. The molecule has 0 spiro atoms. The van der Waals surface area contributed by atoms with Crippen LogP contribution in [0.5, 0.6) is 5.75 Å². The number of benzene rings is 1. The lowest BCUT2D eigenvalue weighted by atomic mass is 10.0. The van der Waals surface area contributed by atoms with Gasteiger partial charge < -0.3 is 15.2 Å². The topological polar surface area (TPSA) is 81.9 Å². The number of rotatable bonds is 6. The van der Waals surface area contributed by atoms with Gasteiger partial charge in [0.25, 0.3) is 0 Å². The highest BCUT2D eigenvalue weighted by atomic mass is 32.2. The van der Waals surface area contributed by atoms with E-state index in [1.165, 1.54) is 4.31 Å². The van der Waals surface area contributed by atoms with Crippen molar-refractivity contribution in [1.29, 1.82) is 0 Å². The second kappa shape index (κ2) is 7.68. The zero-order valence-electron chi connectivity index (χ0n) is 13.0. The van der Waals surface area contributed by atoms with E-state index in [-0.39, 0.29) is 24.1 Å². The summed E-state index contributed by atoms with van der Waals surface area (Å²) in [4.78, 5) is -0.337. The summed E-state index contributed by atoms with van der Waals surface area (Å²) in [6.45, 7) is -2.93. The van der Waals surface area contributed by atoms with E-state index in [1.54, 1.807) is 7.11 Å². The molecule has 0 aromatic heterocycles. The Kier molecular flexibility index (Phi) is 6.07. The fourth-order valence-corrected chi connectivity index (χ4v) is 4.38. The van der Waals surface area contributed by atoms with Crippen LogP contribution in [0.15, 0.2) is 23.1 Å². The maximum Gasteiger partial charge on any atom is 0.387 e. The molecule has 2 rings (SSSR count). The Bertz CT molecular complexity index is 672. The van der Waals surface area contributed by atoms with Crippen LogP contribution in [0.25, 0.3) is 0 Å². The highest BCUT2D eigenvalue weighted by Gasteiger charge is 2.36. The number of hydrogen-bond donors (Lipinski definition) is 1. The SMILES string of the molecule is COC1CCN(S(=O)(=O)c2ccc(OC(F)F)c(F)c2)C(CN)C1. The van der Waals surface area contributed by atoms with Gasteiger partial charge in [-0.2, -0.15) is 13.1 Å². The third-order valence-corrected chi connectivity index (χ3v) is 5.89. The van der Waals surface area contributed by atoms with E-state index in [4.69, 9.17) is 10.5 Å². The average molecular weight is 368 g/mol. The van der Waals surface area contributed by atoms with Crippen LogP contribution >= 0.6 is 0 Å². The van der Waals surface area contributed by atoms with Crippen LogP contribution in [0.3, 0.4) is 0 Å². The van der Waals surface area contributed by atoms with Crippen molar-refractivity contribution < 1.29 is 31.1 Å². The van der Waals surface area contributed by atoms with Crippen LogP contribution in [0.1, 0.15) is 12.8 Å². The first kappa shape index (κ1) is 19.0. The van der Waals surface area contributed by atoms with E-state index < -0.39 is 34.2 Å². The number of nitrogens with zero attached hydrogens (tertiary/aromatic N) is 1. The van der Waals surface area contributed by atoms with Crippen LogP contribution < -0.4 is 10.5 Å². The molecule has 0 aliphatic carbocycles. The van der Waals surface area contributed by atoms with E-state index in [1.807, 2.05) is 0 Å². The molecule has 2 atom stereocenters. The molecule has 0 radical (unpaired) electrons. The smallest absolute Gasteiger partial charge is 0.387 e. The minimum absolute atomic E-state index is 0.0914. The van der Waals surface area contributed by atoms with Crippen molar-refractivity contribution in [3.05, 3.63) is 24.0 Å². The molecule has 0 bridgehead atoms. The molecule has 0 saturated carbocycles. The highest BCUT2D eigenvalue weighted by molar-refractivity contribution is 7.89. The second-order valence-corrected chi connectivity index (χ2v) is 7.25. The Balaban J connectivity index is 2.28. The first-order chi connectivity index (χ1) is 11.3. The number of halogens is 3. The van der Waals surface area contributed by atoms with Crippen molar-refractivity contribution >= 4 is 10.0 Å². The largest absolute Gasteiger partial charge is 0.432 e. The van der Waals surface area contributed by atoms with Crippen molar-refractivity contribution in [2.75, 3.05) is 20.2 Å². The lowest BCUT2D eigenvalue weighted by Gasteiger charge is -2.37. The van der Waals surface area contributed by atoms with E-state index in [0.29, 0.717) is 18.9 Å². The predicted molar refractivity (Wildman–Crippen MR) is 79.8 cm³/mol. The van der Waals surface area contributed by atoms with Gasteiger partial charge in [0.05, 0.1) is 11.0 Å². The molecule has 1 saturated heterocycles. The van der Waals surface area contributed by atoms with Gasteiger partial charge in [0, 0.05) is 26.2 Å². The van der Waals surface area contributed by atoms with Crippen LogP contribution in [-0.2, 0) is 14.8 Å². The summed E-state index contributed by atoms with van der Waals surface area (Å²) in [5.74, 6) is -1.88. The van der Waals surface area contributed by atoms with Crippen molar-refractivity contribution in [1.82, 2.24) is 4.31 Å². The summed E-state index contributed by atoms with van der Waals surface area (Å²) in [6.07, 6.45) is 0.825. The van der Waals surface area contributed by atoms with Gasteiger partial charge in [-0.1, -0.05) is 0 Å². The summed E-state index contributed by atoms with van der Waals surface area (Å²) in [7, 11) is -2.47. The lowest BCUT2D eigenvalue weighted by molar-refractivity contribution is -0.0522. The maximum absolute atomic E-state index is 13.8. The summed E-state index contributed by atoms with van der Waals surface area (Å²) in [5, 5.41) is 0. The minimum atomic E-state index is -4.01. The molecule has 24 heavy (non-hydrogen) atoms. The van der Waals surface area contributed by atoms with Crippen molar-refractivity contribution in [3.63, 3.8) is 0 Å². The van der Waals surface area contributed by atoms with Gasteiger partial charge in [-0.05, 0) is 31.0 Å². The zero-order chi connectivity index (χ0) is 17.9. The summed E-state index contributed by atoms with van der Waals surface area (Å²) in [5.41, 5.74) is 5.66. The summed E-state index contributed by atoms with van der Waals surface area (Å²) in [6, 6.07) is 2.09. The van der Waals surface area contributed by atoms with Gasteiger partial charge in [-0.3, -0.25) is 0 Å². The Hall–Kier alpha value is -1.36. The van der Waals surface area contributed by atoms with E-state index in [9.17, 15) is 21.6 Å². The number of methoxy groups -OCH3 is 1. The molecule has 0 amide bonds. The average Bonchev–Trinajstić information content (AvgIpc) is 2.55. The normalized spacial score (nSPS) is 22.8. The molecule has 1 fully saturated rings. The van der Waals surface area contributed by atoms with Crippen LogP contribution in [0.2, 0.25) is 0 Å². The van der Waals surface area contributed by atoms with E-state index >= 15 is 0 Å². The Labute approximate surface area is 138 Å². The van der Waals surface area contributed by atoms with Crippen LogP contribution in [0, 0.1) is 5.82 Å². The fraction of sp³-hybridized carbons (Fsp3) is 0.571. The molecular weight excluding hydrogens is 349 g/mol. The lowest BCUT2D eigenvalue weighted by Crippen LogP contribution is -2.51. The van der Waals surface area contributed by atoms with Crippen molar-refractivity contribution in [2.45, 2.75) is 36.5 Å². The molecular formula is C14H19F3N2O4S. The van der Waals surface area contributed by atoms with E-state index in [2.05, 4.69) is 4.74 Å². The first-order valence-corrected chi connectivity index (χ1v) is 8.72. The summed E-state index contributed by atoms with van der Waals surface area (Å²) < 4.78 is 74.0. The number of sulfonamides is 1. The molecule has 1 aliphatic rings. The van der Waals surface area contributed by atoms with Crippen LogP contribution in [0.4, 0.5) is 13.2 Å². The van der Waals surface area contributed by atoms with Crippen molar-refractivity contribution in [2.24, 2.45) is 5.73 Å².